The zero-order chi connectivity index (χ0) is 46.9. The summed E-state index contributed by atoms with van der Waals surface area (Å²) in [7, 11) is 0. The van der Waals surface area contributed by atoms with E-state index in [1.165, 1.54) is 10.8 Å². The number of anilines is 4. The van der Waals surface area contributed by atoms with Gasteiger partial charge >= 0.3 is 0 Å². The molecule has 0 aliphatic carbocycles. The van der Waals surface area contributed by atoms with Crippen molar-refractivity contribution in [3.63, 3.8) is 0 Å². The van der Waals surface area contributed by atoms with Crippen molar-refractivity contribution in [2.24, 2.45) is 0 Å². The predicted molar refractivity (Wildman–Crippen MR) is 288 cm³/mol. The van der Waals surface area contributed by atoms with Crippen molar-refractivity contribution < 1.29 is 25.8 Å². The Balaban J connectivity index is 0.00000517. The van der Waals surface area contributed by atoms with Crippen LogP contribution in [0.3, 0.4) is 0 Å². The maximum absolute atomic E-state index is 6.94. The van der Waals surface area contributed by atoms with E-state index >= 15 is 0 Å². The summed E-state index contributed by atoms with van der Waals surface area (Å²) in [6.45, 7) is 8.92. The molecule has 0 saturated carbocycles. The van der Waals surface area contributed by atoms with Gasteiger partial charge in [-0.3, -0.25) is 0 Å². The van der Waals surface area contributed by atoms with Crippen LogP contribution in [0, 0.1) is 18.8 Å². The van der Waals surface area contributed by atoms with Crippen LogP contribution >= 0.6 is 0 Å². The van der Waals surface area contributed by atoms with E-state index < -0.39 is 0 Å². The summed E-state index contributed by atoms with van der Waals surface area (Å²) in [4.78, 5) is 9.60. The first-order valence-electron chi connectivity index (χ1n) is 23.8. The van der Waals surface area contributed by atoms with Gasteiger partial charge in [0.25, 0.3) is 0 Å². The van der Waals surface area contributed by atoms with Crippen LogP contribution in [0.25, 0.3) is 77.4 Å². The van der Waals surface area contributed by atoms with Crippen molar-refractivity contribution in [2.75, 3.05) is 9.80 Å². The number of benzene rings is 9. The van der Waals surface area contributed by atoms with Crippen molar-refractivity contribution >= 4 is 66.4 Å². The van der Waals surface area contributed by atoms with Gasteiger partial charge in [-0.05, 0) is 58.3 Å². The van der Waals surface area contributed by atoms with E-state index in [4.69, 9.17) is 9.72 Å². The van der Waals surface area contributed by atoms with E-state index in [9.17, 15) is 0 Å². The standard InChI is InChI=1S/C64H46N5O.Pt/c1-64(2,3)45-37-47(66-42-67(60-32-17-16-31-59(60)66)63-50(43-19-6-4-7-20-43)26-18-27-51(63)44-21-8-5-9-22-44)39-49(38-45)70-48-33-34-55-54-25-12-15-30-58(54)69(61(55)41-48)62-40-46(35-36-65-62)68-56-28-13-10-23-52(56)53-24-11-14-29-57(53)68;/h4-38,40,42H,1-3H3;/q-3;. The van der Waals surface area contributed by atoms with Gasteiger partial charge in [-0.25, -0.2) is 4.98 Å². The fourth-order valence-electron chi connectivity index (χ4n) is 10.3. The van der Waals surface area contributed by atoms with E-state index in [0.29, 0.717) is 11.5 Å². The number of aromatic nitrogens is 3. The molecular formula is C64H46N5OPt-3. The molecule has 9 aromatic carbocycles. The number of hydrogen-bond donors (Lipinski definition) is 0. The topological polar surface area (TPSA) is 38.5 Å². The molecule has 13 rings (SSSR count). The summed E-state index contributed by atoms with van der Waals surface area (Å²) < 4.78 is 11.5. The Kier molecular flexibility index (Phi) is 11.0. The van der Waals surface area contributed by atoms with Crippen LogP contribution in [0.4, 0.5) is 22.7 Å². The molecule has 0 N–H and O–H groups in total. The summed E-state index contributed by atoms with van der Waals surface area (Å²) in [6, 6.07) is 82.4. The molecule has 0 spiro atoms. The smallest absolute Gasteiger partial charge is 0.137 e. The molecule has 0 radical (unpaired) electrons. The monoisotopic (exact) mass is 1100 g/mol. The molecule has 71 heavy (non-hydrogen) atoms. The van der Waals surface area contributed by atoms with Crippen LogP contribution in [0.1, 0.15) is 26.3 Å². The second kappa shape index (κ2) is 17.7. The van der Waals surface area contributed by atoms with E-state index in [1.54, 1.807) is 0 Å². The molecule has 1 aliphatic heterocycles. The Hall–Kier alpha value is -8.18. The summed E-state index contributed by atoms with van der Waals surface area (Å²) in [5.74, 6) is 1.98. The third kappa shape index (κ3) is 7.58. The molecule has 0 bridgehead atoms. The fraction of sp³-hybridized carbons (Fsp3) is 0.0625. The molecule has 7 heteroatoms. The Morgan fingerprint density at radius 2 is 1.03 bits per heavy atom. The molecule has 12 aromatic rings. The molecule has 3 aromatic heterocycles. The maximum Gasteiger partial charge on any atom is 0.137 e. The first kappa shape index (κ1) is 44.1. The summed E-state index contributed by atoms with van der Waals surface area (Å²) in [6.07, 6.45) is 1.90. The van der Waals surface area contributed by atoms with Crippen LogP contribution in [-0.2, 0) is 26.5 Å². The maximum atomic E-state index is 6.94. The van der Waals surface area contributed by atoms with Gasteiger partial charge in [-0.15, -0.1) is 53.6 Å². The predicted octanol–water partition coefficient (Wildman–Crippen LogP) is 16.7. The van der Waals surface area contributed by atoms with E-state index in [0.717, 1.165) is 94.9 Å². The van der Waals surface area contributed by atoms with E-state index in [1.807, 2.05) is 12.3 Å². The zero-order valence-corrected chi connectivity index (χ0v) is 41.6. The molecule has 1 aliphatic rings. The minimum absolute atomic E-state index is 0. The van der Waals surface area contributed by atoms with Gasteiger partial charge in [-0.1, -0.05) is 172 Å². The number of fused-ring (bicyclic) bond motifs is 7. The van der Waals surface area contributed by atoms with Gasteiger partial charge in [-0.2, -0.15) is 6.07 Å². The second-order valence-corrected chi connectivity index (χ2v) is 18.9. The van der Waals surface area contributed by atoms with Gasteiger partial charge in [0.1, 0.15) is 5.82 Å². The fourth-order valence-corrected chi connectivity index (χ4v) is 10.3. The number of nitrogens with zero attached hydrogens (tertiary/aromatic N) is 5. The van der Waals surface area contributed by atoms with Crippen molar-refractivity contribution in [1.29, 1.82) is 0 Å². The quantitative estimate of drug-likeness (QED) is 0.142. The number of rotatable bonds is 8. The normalized spacial score (nSPS) is 12.5. The third-order valence-electron chi connectivity index (χ3n) is 13.6. The average Bonchev–Trinajstić information content (AvgIpc) is 4.07. The molecular weight excluding hydrogens is 1050 g/mol. The molecule has 4 heterocycles. The van der Waals surface area contributed by atoms with Crippen LogP contribution in [0.5, 0.6) is 11.5 Å². The van der Waals surface area contributed by atoms with Crippen LogP contribution in [0.2, 0.25) is 0 Å². The van der Waals surface area contributed by atoms with E-state index in [-0.39, 0.29) is 26.5 Å². The van der Waals surface area contributed by atoms with E-state index in [2.05, 4.69) is 265 Å². The number of pyridine rings is 1. The molecule has 0 saturated heterocycles. The van der Waals surface area contributed by atoms with Crippen molar-refractivity contribution in [3.8, 4) is 45.3 Å². The number of ether oxygens (including phenoxy) is 1. The third-order valence-corrected chi connectivity index (χ3v) is 13.6. The number of para-hydroxylation sites is 6. The molecule has 0 unspecified atom stereocenters. The largest absolute Gasteiger partial charge is 0.509 e. The Morgan fingerprint density at radius 1 is 0.479 bits per heavy atom. The first-order chi connectivity index (χ1) is 34.4. The summed E-state index contributed by atoms with van der Waals surface area (Å²) >= 11 is 0. The molecule has 0 atom stereocenters. The second-order valence-electron chi connectivity index (χ2n) is 18.9. The van der Waals surface area contributed by atoms with Gasteiger partial charge in [0.2, 0.25) is 0 Å². The number of hydrogen-bond acceptors (Lipinski definition) is 4. The molecule has 346 valence electrons. The van der Waals surface area contributed by atoms with Gasteiger partial charge in [0, 0.05) is 89.3 Å². The van der Waals surface area contributed by atoms with Gasteiger partial charge < -0.3 is 23.7 Å². The first-order valence-corrected chi connectivity index (χ1v) is 23.8. The zero-order valence-electron chi connectivity index (χ0n) is 39.3. The van der Waals surface area contributed by atoms with Crippen molar-refractivity contribution in [1.82, 2.24) is 14.1 Å². The van der Waals surface area contributed by atoms with Crippen molar-refractivity contribution in [2.45, 2.75) is 26.2 Å². The molecule has 0 amide bonds. The minimum Gasteiger partial charge on any atom is -0.509 e. The Labute approximate surface area is 427 Å². The Bertz CT molecular complexity index is 3850. The van der Waals surface area contributed by atoms with Crippen molar-refractivity contribution in [3.05, 3.63) is 243 Å². The molecule has 0 fully saturated rings. The average molecular weight is 1100 g/mol. The Morgan fingerprint density at radius 3 is 1.65 bits per heavy atom. The van der Waals surface area contributed by atoms with Gasteiger partial charge in [0.15, 0.2) is 0 Å². The van der Waals surface area contributed by atoms with Crippen LogP contribution in [0.15, 0.2) is 219 Å². The van der Waals surface area contributed by atoms with Gasteiger partial charge in [0.05, 0.1) is 16.7 Å². The summed E-state index contributed by atoms with van der Waals surface area (Å²) in [5, 5.41) is 4.61. The minimum atomic E-state index is -0.200. The van der Waals surface area contributed by atoms with Crippen LogP contribution in [-0.4, -0.2) is 14.1 Å². The molecule has 6 nitrogen and oxygen atoms in total. The van der Waals surface area contributed by atoms with Crippen LogP contribution < -0.4 is 14.5 Å². The summed E-state index contributed by atoms with van der Waals surface area (Å²) in [5.41, 5.74) is 14.8. The SMILES string of the molecule is CC(C)(C)c1cc(Oc2[c-]c3c(cc2)c2ccccc2n3-c2cc(-n3c4ccccc4c4ccccc43)ccn2)[c-]c(N2[CH-]N(c3c(-c4ccccc4)cccc3-c3ccccc3)c3ccccc32)c1.[Pt].